The van der Waals surface area contributed by atoms with Crippen molar-refractivity contribution in [3.63, 3.8) is 0 Å². The highest BCUT2D eigenvalue weighted by Crippen LogP contribution is 2.29. The predicted octanol–water partition coefficient (Wildman–Crippen LogP) is 3.85. The van der Waals surface area contributed by atoms with Gasteiger partial charge >= 0.3 is 0 Å². The highest BCUT2D eigenvalue weighted by atomic mass is 16.5. The SMILES string of the molecule is Cc1cc(-c2ccc(N3C[C@@H](C)O[C@@H](C)C3)c(C#N)c2)cc(C)n1. The maximum atomic E-state index is 9.64. The summed E-state index contributed by atoms with van der Waals surface area (Å²) in [4.78, 5) is 6.68. The van der Waals surface area contributed by atoms with Crippen LogP contribution in [0.1, 0.15) is 30.8 Å². The Kier molecular flexibility index (Phi) is 4.55. The molecule has 0 aliphatic carbocycles. The zero-order chi connectivity index (χ0) is 17.3. The van der Waals surface area contributed by atoms with E-state index < -0.39 is 0 Å². The second kappa shape index (κ2) is 6.62. The molecule has 0 radical (unpaired) electrons. The zero-order valence-corrected chi connectivity index (χ0v) is 14.7. The number of aromatic nitrogens is 1. The normalized spacial score (nSPS) is 20.7. The molecular formula is C20H23N3O. The second-order valence-electron chi connectivity index (χ2n) is 6.64. The van der Waals surface area contributed by atoms with Crippen molar-refractivity contribution in [1.29, 1.82) is 5.26 Å². The molecule has 1 fully saturated rings. The first-order valence-electron chi connectivity index (χ1n) is 8.36. The van der Waals surface area contributed by atoms with Crippen molar-refractivity contribution >= 4 is 5.69 Å². The topological polar surface area (TPSA) is 49.1 Å². The van der Waals surface area contributed by atoms with Crippen molar-refractivity contribution in [3.8, 4) is 17.2 Å². The lowest BCUT2D eigenvalue weighted by Gasteiger charge is -2.37. The van der Waals surface area contributed by atoms with Gasteiger partial charge in [0.05, 0.1) is 23.5 Å². The number of nitrogens with zero attached hydrogens (tertiary/aromatic N) is 3. The Hall–Kier alpha value is -2.38. The van der Waals surface area contributed by atoms with Crippen LogP contribution >= 0.6 is 0 Å². The fourth-order valence-electron chi connectivity index (χ4n) is 3.46. The maximum absolute atomic E-state index is 9.64. The fourth-order valence-corrected chi connectivity index (χ4v) is 3.46. The lowest BCUT2D eigenvalue weighted by atomic mass is 10.0. The zero-order valence-electron chi connectivity index (χ0n) is 14.7. The maximum Gasteiger partial charge on any atom is 0.101 e. The van der Waals surface area contributed by atoms with Crippen LogP contribution in [0.5, 0.6) is 0 Å². The van der Waals surface area contributed by atoms with Gasteiger partial charge in [-0.1, -0.05) is 6.07 Å². The van der Waals surface area contributed by atoms with E-state index in [1.165, 1.54) is 0 Å². The quantitative estimate of drug-likeness (QED) is 0.843. The van der Waals surface area contributed by atoms with Crippen LogP contribution in [0.4, 0.5) is 5.69 Å². The van der Waals surface area contributed by atoms with E-state index in [-0.39, 0.29) is 12.2 Å². The number of morpholine rings is 1. The second-order valence-corrected chi connectivity index (χ2v) is 6.64. The molecule has 1 aromatic heterocycles. The monoisotopic (exact) mass is 321 g/mol. The molecule has 4 nitrogen and oxygen atoms in total. The van der Waals surface area contributed by atoms with Gasteiger partial charge < -0.3 is 9.64 Å². The van der Waals surface area contributed by atoms with Crippen molar-refractivity contribution in [2.75, 3.05) is 18.0 Å². The molecule has 0 saturated carbocycles. The Morgan fingerprint density at radius 2 is 1.67 bits per heavy atom. The number of nitriles is 1. The van der Waals surface area contributed by atoms with E-state index in [0.29, 0.717) is 5.56 Å². The van der Waals surface area contributed by atoms with E-state index in [9.17, 15) is 5.26 Å². The number of anilines is 1. The number of aryl methyl sites for hydroxylation is 2. The third-order valence-corrected chi connectivity index (χ3v) is 4.29. The number of benzene rings is 1. The average molecular weight is 321 g/mol. The first-order chi connectivity index (χ1) is 11.5. The van der Waals surface area contributed by atoms with Gasteiger partial charge in [0, 0.05) is 24.5 Å². The van der Waals surface area contributed by atoms with Crippen LogP contribution in [0, 0.1) is 25.2 Å². The smallest absolute Gasteiger partial charge is 0.101 e. The molecule has 0 spiro atoms. The average Bonchev–Trinajstić information content (AvgIpc) is 2.52. The molecule has 1 aliphatic rings. The molecule has 24 heavy (non-hydrogen) atoms. The molecule has 0 bridgehead atoms. The third-order valence-electron chi connectivity index (χ3n) is 4.29. The molecule has 0 amide bonds. The van der Waals surface area contributed by atoms with Crippen LogP contribution in [0.3, 0.4) is 0 Å². The number of ether oxygens (including phenoxy) is 1. The summed E-state index contributed by atoms with van der Waals surface area (Å²) in [7, 11) is 0. The lowest BCUT2D eigenvalue weighted by molar-refractivity contribution is -0.00522. The molecule has 4 heteroatoms. The molecule has 124 valence electrons. The first-order valence-corrected chi connectivity index (χ1v) is 8.36. The van der Waals surface area contributed by atoms with E-state index >= 15 is 0 Å². The summed E-state index contributed by atoms with van der Waals surface area (Å²) in [5, 5.41) is 9.64. The van der Waals surface area contributed by atoms with Crippen LogP contribution in [-0.4, -0.2) is 30.3 Å². The minimum Gasteiger partial charge on any atom is -0.372 e. The molecule has 0 unspecified atom stereocenters. The van der Waals surface area contributed by atoms with Gasteiger partial charge in [-0.3, -0.25) is 4.98 Å². The highest BCUT2D eigenvalue weighted by Gasteiger charge is 2.24. The molecule has 2 aromatic rings. The molecule has 1 aromatic carbocycles. The summed E-state index contributed by atoms with van der Waals surface area (Å²) in [6.45, 7) is 9.76. The van der Waals surface area contributed by atoms with E-state index in [0.717, 1.165) is 41.3 Å². The Morgan fingerprint density at radius 1 is 1.04 bits per heavy atom. The van der Waals surface area contributed by atoms with Crippen LogP contribution in [0.25, 0.3) is 11.1 Å². The van der Waals surface area contributed by atoms with Gasteiger partial charge in [0.25, 0.3) is 0 Å². The summed E-state index contributed by atoms with van der Waals surface area (Å²) >= 11 is 0. The van der Waals surface area contributed by atoms with Crippen LogP contribution in [0.2, 0.25) is 0 Å². The molecule has 3 rings (SSSR count). The summed E-state index contributed by atoms with van der Waals surface area (Å²) in [6, 6.07) is 12.6. The van der Waals surface area contributed by atoms with E-state index in [2.05, 4.69) is 54.1 Å². The Morgan fingerprint density at radius 3 is 2.25 bits per heavy atom. The van der Waals surface area contributed by atoms with Crippen molar-refractivity contribution < 1.29 is 4.74 Å². The Labute approximate surface area is 143 Å². The molecule has 1 saturated heterocycles. The summed E-state index contributed by atoms with van der Waals surface area (Å²) in [5.74, 6) is 0. The van der Waals surface area contributed by atoms with Gasteiger partial charge in [-0.25, -0.2) is 0 Å². The van der Waals surface area contributed by atoms with Crippen LogP contribution in [0.15, 0.2) is 30.3 Å². The number of rotatable bonds is 2. The van der Waals surface area contributed by atoms with E-state index in [4.69, 9.17) is 4.74 Å². The lowest BCUT2D eigenvalue weighted by Crippen LogP contribution is -2.45. The van der Waals surface area contributed by atoms with Crippen molar-refractivity contribution in [2.45, 2.75) is 39.9 Å². The third kappa shape index (κ3) is 3.42. The summed E-state index contributed by atoms with van der Waals surface area (Å²) in [5.41, 5.74) is 5.84. The van der Waals surface area contributed by atoms with Gasteiger partial charge in [0.1, 0.15) is 6.07 Å². The van der Waals surface area contributed by atoms with Crippen LogP contribution in [-0.2, 0) is 4.74 Å². The van der Waals surface area contributed by atoms with Gasteiger partial charge in [-0.2, -0.15) is 5.26 Å². The highest BCUT2D eigenvalue weighted by molar-refractivity contribution is 5.72. The predicted molar refractivity (Wildman–Crippen MR) is 96.1 cm³/mol. The molecule has 0 N–H and O–H groups in total. The Bertz CT molecular complexity index is 764. The van der Waals surface area contributed by atoms with Crippen molar-refractivity contribution in [2.24, 2.45) is 0 Å². The number of hydrogen-bond donors (Lipinski definition) is 0. The minimum absolute atomic E-state index is 0.172. The standard InChI is InChI=1S/C20H23N3O/c1-13-7-18(8-14(2)22-13)17-5-6-20(19(9-17)10-21)23-11-15(3)24-16(4)12-23/h5-9,15-16H,11-12H2,1-4H3/t15-,16+. The molecule has 1 aliphatic heterocycles. The summed E-state index contributed by atoms with van der Waals surface area (Å²) in [6.07, 6.45) is 0.343. The molecule has 2 atom stereocenters. The van der Waals surface area contributed by atoms with Crippen molar-refractivity contribution in [1.82, 2.24) is 4.98 Å². The van der Waals surface area contributed by atoms with Crippen molar-refractivity contribution in [3.05, 3.63) is 47.3 Å². The first kappa shape index (κ1) is 16.5. The van der Waals surface area contributed by atoms with Gasteiger partial charge in [0.15, 0.2) is 0 Å². The molecular weight excluding hydrogens is 298 g/mol. The van der Waals surface area contributed by atoms with Crippen LogP contribution < -0.4 is 4.90 Å². The molecule has 2 heterocycles. The fraction of sp³-hybridized carbons (Fsp3) is 0.400. The van der Waals surface area contributed by atoms with E-state index in [1.807, 2.05) is 19.9 Å². The Balaban J connectivity index is 1.98. The van der Waals surface area contributed by atoms with Gasteiger partial charge in [-0.05, 0) is 63.1 Å². The number of hydrogen-bond acceptors (Lipinski definition) is 4. The van der Waals surface area contributed by atoms with E-state index in [1.54, 1.807) is 0 Å². The largest absolute Gasteiger partial charge is 0.372 e. The summed E-state index contributed by atoms with van der Waals surface area (Å²) < 4.78 is 5.80. The number of pyridine rings is 1. The minimum atomic E-state index is 0.172. The van der Waals surface area contributed by atoms with Gasteiger partial charge in [0.2, 0.25) is 0 Å². The van der Waals surface area contributed by atoms with Gasteiger partial charge in [-0.15, -0.1) is 0 Å².